The Morgan fingerprint density at radius 2 is 2.38 bits per heavy atom. The van der Waals surface area contributed by atoms with Crippen molar-refractivity contribution in [3.8, 4) is 0 Å². The van der Waals surface area contributed by atoms with Gasteiger partial charge < -0.3 is 15.0 Å². The van der Waals surface area contributed by atoms with E-state index in [-0.39, 0.29) is 23.9 Å². The maximum absolute atomic E-state index is 13.6. The predicted molar refractivity (Wildman–Crippen MR) is 72.6 cm³/mol. The molecular weight excluding hydrogens is 281 g/mol. The van der Waals surface area contributed by atoms with Gasteiger partial charge in [0, 0.05) is 31.8 Å². The summed E-state index contributed by atoms with van der Waals surface area (Å²) in [6.07, 6.45) is -0.172. The van der Waals surface area contributed by atoms with Crippen molar-refractivity contribution in [1.82, 2.24) is 10.2 Å². The fraction of sp³-hybridized carbons (Fsp3) is 0.462. The molecule has 0 saturated carbocycles. The van der Waals surface area contributed by atoms with Crippen molar-refractivity contribution in [3.05, 3.63) is 39.7 Å². The Hall–Kier alpha value is -2.06. The first kappa shape index (κ1) is 15.3. The summed E-state index contributed by atoms with van der Waals surface area (Å²) >= 11 is 0. The number of non-ortho nitro benzene ring substituents is 1. The Morgan fingerprint density at radius 1 is 1.62 bits per heavy atom. The average Bonchev–Trinajstić information content (AvgIpc) is 2.45. The SMILES string of the molecule is CN1CCOC(CNC(=O)c2cc([N+](=O)[O-])ccc2F)C1. The molecule has 1 heterocycles. The number of morpholine rings is 1. The molecule has 1 aromatic rings. The summed E-state index contributed by atoms with van der Waals surface area (Å²) in [7, 11) is 1.94. The summed E-state index contributed by atoms with van der Waals surface area (Å²) in [5.74, 6) is -1.48. The average molecular weight is 297 g/mol. The van der Waals surface area contributed by atoms with Gasteiger partial charge in [-0.05, 0) is 13.1 Å². The molecule has 1 amide bonds. The zero-order chi connectivity index (χ0) is 15.4. The van der Waals surface area contributed by atoms with Crippen LogP contribution in [-0.2, 0) is 4.74 Å². The van der Waals surface area contributed by atoms with Crippen LogP contribution in [0.4, 0.5) is 10.1 Å². The molecule has 8 heteroatoms. The number of nitrogens with zero attached hydrogens (tertiary/aromatic N) is 2. The highest BCUT2D eigenvalue weighted by Gasteiger charge is 2.21. The van der Waals surface area contributed by atoms with E-state index < -0.39 is 16.6 Å². The minimum absolute atomic E-state index is 0.172. The van der Waals surface area contributed by atoms with Gasteiger partial charge in [0.15, 0.2) is 0 Å². The van der Waals surface area contributed by atoms with Crippen molar-refractivity contribution in [1.29, 1.82) is 0 Å². The van der Waals surface area contributed by atoms with Crippen LogP contribution in [-0.4, -0.2) is 55.1 Å². The third kappa shape index (κ3) is 3.96. The molecule has 21 heavy (non-hydrogen) atoms. The monoisotopic (exact) mass is 297 g/mol. The van der Waals surface area contributed by atoms with Gasteiger partial charge in [0.1, 0.15) is 5.82 Å². The van der Waals surface area contributed by atoms with Gasteiger partial charge >= 0.3 is 0 Å². The maximum atomic E-state index is 13.6. The zero-order valence-electron chi connectivity index (χ0n) is 11.5. The first-order valence-electron chi connectivity index (χ1n) is 6.49. The summed E-state index contributed by atoms with van der Waals surface area (Å²) in [4.78, 5) is 24.0. The Bertz CT molecular complexity index is 552. The molecule has 1 fully saturated rings. The van der Waals surface area contributed by atoms with E-state index in [4.69, 9.17) is 4.74 Å². The van der Waals surface area contributed by atoms with E-state index in [1.165, 1.54) is 0 Å². The van der Waals surface area contributed by atoms with Gasteiger partial charge in [-0.3, -0.25) is 14.9 Å². The first-order valence-corrected chi connectivity index (χ1v) is 6.49. The molecule has 0 spiro atoms. The highest BCUT2D eigenvalue weighted by Crippen LogP contribution is 2.16. The number of nitrogens with one attached hydrogen (secondary N) is 1. The lowest BCUT2D eigenvalue weighted by Gasteiger charge is -2.30. The van der Waals surface area contributed by atoms with Gasteiger partial charge in [-0.15, -0.1) is 0 Å². The predicted octanol–water partition coefficient (Wildman–Crippen LogP) is 0.794. The number of rotatable bonds is 4. The largest absolute Gasteiger partial charge is 0.374 e. The zero-order valence-corrected chi connectivity index (χ0v) is 11.5. The molecule has 114 valence electrons. The van der Waals surface area contributed by atoms with Crippen molar-refractivity contribution < 1.29 is 18.8 Å². The van der Waals surface area contributed by atoms with Gasteiger partial charge in [-0.25, -0.2) is 4.39 Å². The number of nitro benzene ring substituents is 1. The van der Waals surface area contributed by atoms with E-state index in [1.807, 2.05) is 7.05 Å². The Labute approximate surface area is 120 Å². The summed E-state index contributed by atoms with van der Waals surface area (Å²) < 4.78 is 19.1. The summed E-state index contributed by atoms with van der Waals surface area (Å²) in [6, 6.07) is 2.86. The summed E-state index contributed by atoms with van der Waals surface area (Å²) in [5, 5.41) is 13.2. The minimum atomic E-state index is -0.792. The second kappa shape index (κ2) is 6.59. The number of likely N-dealkylation sites (N-methyl/N-ethyl adjacent to an activating group) is 1. The summed E-state index contributed by atoms with van der Waals surface area (Å²) in [5.41, 5.74) is -0.663. The van der Waals surface area contributed by atoms with Crippen LogP contribution in [0.5, 0.6) is 0 Å². The van der Waals surface area contributed by atoms with E-state index in [0.717, 1.165) is 24.7 Å². The van der Waals surface area contributed by atoms with Crippen LogP contribution in [0.25, 0.3) is 0 Å². The molecule has 1 atom stereocenters. The third-order valence-electron chi connectivity index (χ3n) is 3.24. The Morgan fingerprint density at radius 3 is 3.05 bits per heavy atom. The lowest BCUT2D eigenvalue weighted by Crippen LogP contribution is -2.46. The number of nitro groups is 1. The molecule has 2 rings (SSSR count). The number of ether oxygens (including phenoxy) is 1. The van der Waals surface area contributed by atoms with Gasteiger partial charge in [0.2, 0.25) is 0 Å². The number of benzene rings is 1. The number of halogens is 1. The second-order valence-corrected chi connectivity index (χ2v) is 4.89. The number of hydrogen-bond donors (Lipinski definition) is 1. The molecule has 0 bridgehead atoms. The van der Waals surface area contributed by atoms with Crippen molar-refractivity contribution >= 4 is 11.6 Å². The van der Waals surface area contributed by atoms with Crippen LogP contribution >= 0.6 is 0 Å². The Balaban J connectivity index is 1.99. The van der Waals surface area contributed by atoms with Crippen molar-refractivity contribution in [2.24, 2.45) is 0 Å². The lowest BCUT2D eigenvalue weighted by atomic mass is 10.1. The minimum Gasteiger partial charge on any atom is -0.374 e. The molecule has 0 aliphatic carbocycles. The van der Waals surface area contributed by atoms with Gasteiger partial charge in [0.05, 0.1) is 23.2 Å². The van der Waals surface area contributed by atoms with Crippen molar-refractivity contribution in [3.63, 3.8) is 0 Å². The van der Waals surface area contributed by atoms with Gasteiger partial charge in [-0.2, -0.15) is 0 Å². The molecule has 1 saturated heterocycles. The maximum Gasteiger partial charge on any atom is 0.270 e. The normalized spacial score (nSPS) is 19.2. The van der Waals surface area contributed by atoms with E-state index in [0.29, 0.717) is 13.2 Å². The molecule has 1 aliphatic rings. The Kier molecular flexibility index (Phi) is 4.81. The van der Waals surface area contributed by atoms with Crippen LogP contribution in [0.15, 0.2) is 18.2 Å². The highest BCUT2D eigenvalue weighted by atomic mass is 19.1. The number of carbonyl (C=O) groups is 1. The smallest absolute Gasteiger partial charge is 0.270 e. The van der Waals surface area contributed by atoms with Crippen molar-refractivity contribution in [2.45, 2.75) is 6.10 Å². The highest BCUT2D eigenvalue weighted by molar-refractivity contribution is 5.95. The molecule has 1 N–H and O–H groups in total. The van der Waals surface area contributed by atoms with Gasteiger partial charge in [0.25, 0.3) is 11.6 Å². The fourth-order valence-corrected chi connectivity index (χ4v) is 2.09. The van der Waals surface area contributed by atoms with Crippen LogP contribution in [0.3, 0.4) is 0 Å². The molecule has 1 unspecified atom stereocenters. The number of hydrogen-bond acceptors (Lipinski definition) is 5. The molecule has 0 aromatic heterocycles. The van der Waals surface area contributed by atoms with Crippen LogP contribution in [0.2, 0.25) is 0 Å². The van der Waals surface area contributed by atoms with Crippen LogP contribution in [0.1, 0.15) is 10.4 Å². The topological polar surface area (TPSA) is 84.7 Å². The van der Waals surface area contributed by atoms with Gasteiger partial charge in [-0.1, -0.05) is 0 Å². The second-order valence-electron chi connectivity index (χ2n) is 4.89. The molecular formula is C13H16FN3O4. The van der Waals surface area contributed by atoms with E-state index in [9.17, 15) is 19.3 Å². The summed E-state index contributed by atoms with van der Waals surface area (Å²) in [6.45, 7) is 2.29. The first-order chi connectivity index (χ1) is 9.97. The lowest BCUT2D eigenvalue weighted by molar-refractivity contribution is -0.384. The quantitative estimate of drug-likeness (QED) is 0.656. The third-order valence-corrected chi connectivity index (χ3v) is 3.24. The van der Waals surface area contributed by atoms with Crippen LogP contribution in [0, 0.1) is 15.9 Å². The number of carbonyl (C=O) groups excluding carboxylic acids is 1. The van der Waals surface area contributed by atoms with Crippen LogP contribution < -0.4 is 5.32 Å². The molecule has 7 nitrogen and oxygen atoms in total. The van der Waals surface area contributed by atoms with E-state index in [1.54, 1.807) is 0 Å². The van der Waals surface area contributed by atoms with E-state index in [2.05, 4.69) is 10.2 Å². The van der Waals surface area contributed by atoms with E-state index >= 15 is 0 Å². The molecule has 0 radical (unpaired) electrons. The molecule has 1 aliphatic heterocycles. The standard InChI is InChI=1S/C13H16FN3O4/c1-16-4-5-21-10(8-16)7-15-13(18)11-6-9(17(19)20)2-3-12(11)14/h2-3,6,10H,4-5,7-8H2,1H3,(H,15,18). The fourth-order valence-electron chi connectivity index (χ4n) is 2.09. The number of amides is 1. The van der Waals surface area contributed by atoms with Crippen molar-refractivity contribution in [2.75, 3.05) is 33.3 Å². The molecule has 1 aromatic carbocycles.